The molecular weight excluding hydrogens is 521 g/mol. The second kappa shape index (κ2) is 10.9. The Labute approximate surface area is 242 Å². The first kappa shape index (κ1) is 28.0. The highest BCUT2D eigenvalue weighted by Crippen LogP contribution is 2.65. The van der Waals surface area contributed by atoms with Gasteiger partial charge in [0, 0.05) is 31.9 Å². The van der Waals surface area contributed by atoms with Crippen LogP contribution in [-0.4, -0.2) is 72.7 Å². The smallest absolute Gasteiger partial charge is 0.229 e. The highest BCUT2D eigenvalue weighted by atomic mass is 19.1. The average Bonchev–Trinajstić information content (AvgIpc) is 2.97. The molecule has 1 aromatic heterocycles. The van der Waals surface area contributed by atoms with Gasteiger partial charge in [0.05, 0.1) is 29.9 Å². The van der Waals surface area contributed by atoms with Crippen molar-refractivity contribution >= 4 is 29.0 Å². The summed E-state index contributed by atoms with van der Waals surface area (Å²) >= 11 is 0. The Balaban J connectivity index is 1.18. The number of piperidine rings is 1. The number of halogens is 1. The first-order chi connectivity index (χ1) is 19.7. The fourth-order valence-electron chi connectivity index (χ4n) is 7.87. The third kappa shape index (κ3) is 5.19. The van der Waals surface area contributed by atoms with Gasteiger partial charge in [-0.2, -0.15) is 4.98 Å². The largest absolute Gasteiger partial charge is 0.489 e. The summed E-state index contributed by atoms with van der Waals surface area (Å²) in [6.45, 7) is 12.5. The molecule has 2 aliphatic heterocycles. The van der Waals surface area contributed by atoms with Crippen LogP contribution in [0.15, 0.2) is 24.4 Å². The zero-order valence-electron chi connectivity index (χ0n) is 24.8. The van der Waals surface area contributed by atoms with Gasteiger partial charge in [-0.1, -0.05) is 20.3 Å². The fourth-order valence-corrected chi connectivity index (χ4v) is 7.87. The number of ether oxygens (including phenoxy) is 1. The molecule has 3 heterocycles. The van der Waals surface area contributed by atoms with E-state index in [4.69, 9.17) is 4.74 Å². The van der Waals surface area contributed by atoms with Crippen LogP contribution >= 0.6 is 0 Å². The van der Waals surface area contributed by atoms with Crippen molar-refractivity contribution in [2.75, 3.05) is 61.9 Å². The predicted octanol–water partition coefficient (Wildman–Crippen LogP) is 4.64. The molecule has 7 rings (SSSR count). The number of hydrogen-bond acceptors (Lipinski definition) is 8. The van der Waals surface area contributed by atoms with E-state index < -0.39 is 11.4 Å². The average molecular weight is 566 g/mol. The molecule has 41 heavy (non-hydrogen) atoms. The van der Waals surface area contributed by atoms with E-state index in [2.05, 4.69) is 55.6 Å². The van der Waals surface area contributed by atoms with Crippen molar-refractivity contribution < 1.29 is 13.9 Å². The fraction of sp³-hybridized carbons (Fsp3) is 0.645. The molecule has 0 spiro atoms. The molecule has 2 bridgehead atoms. The van der Waals surface area contributed by atoms with Crippen LogP contribution in [0.2, 0.25) is 0 Å². The lowest BCUT2D eigenvalue weighted by atomic mass is 9.40. The number of carbonyl (C=O) groups is 1. The van der Waals surface area contributed by atoms with Crippen LogP contribution in [-0.2, 0) is 4.79 Å². The third-order valence-corrected chi connectivity index (χ3v) is 10.4. The van der Waals surface area contributed by atoms with Gasteiger partial charge in [-0.25, -0.2) is 9.37 Å². The van der Waals surface area contributed by atoms with E-state index in [1.807, 2.05) is 19.1 Å². The van der Waals surface area contributed by atoms with Gasteiger partial charge in [-0.3, -0.25) is 4.79 Å². The van der Waals surface area contributed by atoms with Crippen molar-refractivity contribution in [2.24, 2.45) is 23.2 Å². The van der Waals surface area contributed by atoms with Gasteiger partial charge in [-0.15, -0.1) is 0 Å². The summed E-state index contributed by atoms with van der Waals surface area (Å²) in [7, 11) is 1.66. The molecule has 0 radical (unpaired) electrons. The van der Waals surface area contributed by atoms with Crippen LogP contribution < -0.4 is 25.6 Å². The van der Waals surface area contributed by atoms with Gasteiger partial charge in [0.2, 0.25) is 11.9 Å². The van der Waals surface area contributed by atoms with E-state index in [-0.39, 0.29) is 34.9 Å². The number of nitrogens with one attached hydrogen (secondary N) is 3. The van der Waals surface area contributed by atoms with Crippen molar-refractivity contribution in [3.63, 3.8) is 0 Å². The van der Waals surface area contributed by atoms with E-state index >= 15 is 4.39 Å². The first-order valence-electron chi connectivity index (χ1n) is 15.2. The summed E-state index contributed by atoms with van der Waals surface area (Å²) in [4.78, 5) is 26.6. The van der Waals surface area contributed by atoms with E-state index in [0.717, 1.165) is 49.6 Å². The SMILES string of the molecule is CNC(=O)[C@H]1C[C@H]2C[C@H](C2(C)C)[C@@]1(C)Nc1nc(Nc2ccc3c(c2)OCCN3CCN2CCCCC2)ncc1F. The summed E-state index contributed by atoms with van der Waals surface area (Å²) in [5.41, 5.74) is 1.30. The van der Waals surface area contributed by atoms with Crippen LogP contribution in [0.25, 0.3) is 0 Å². The molecule has 9 nitrogen and oxygen atoms in total. The zero-order valence-corrected chi connectivity index (χ0v) is 24.8. The van der Waals surface area contributed by atoms with Crippen molar-refractivity contribution in [3.8, 4) is 5.75 Å². The van der Waals surface area contributed by atoms with E-state index in [9.17, 15) is 4.79 Å². The number of anilines is 4. The number of hydrogen-bond donors (Lipinski definition) is 3. The Hall–Kier alpha value is -3.14. The molecule has 2 aromatic rings. The molecule has 3 aliphatic carbocycles. The Kier molecular flexibility index (Phi) is 7.46. The maximum Gasteiger partial charge on any atom is 0.229 e. The minimum Gasteiger partial charge on any atom is -0.489 e. The summed E-state index contributed by atoms with van der Waals surface area (Å²) in [5, 5.41) is 9.45. The van der Waals surface area contributed by atoms with Gasteiger partial charge in [0.1, 0.15) is 12.4 Å². The second-order valence-corrected chi connectivity index (χ2v) is 13.1. The molecule has 1 amide bonds. The summed E-state index contributed by atoms with van der Waals surface area (Å²) in [5.74, 6) is 1.10. The van der Waals surface area contributed by atoms with Gasteiger partial charge in [0.25, 0.3) is 0 Å². The first-order valence-corrected chi connectivity index (χ1v) is 15.2. The summed E-state index contributed by atoms with van der Waals surface area (Å²) in [6.07, 6.45) is 6.91. The van der Waals surface area contributed by atoms with Crippen LogP contribution in [0.5, 0.6) is 5.75 Å². The molecule has 222 valence electrons. The molecule has 3 N–H and O–H groups in total. The number of amides is 1. The van der Waals surface area contributed by atoms with Crippen molar-refractivity contribution in [2.45, 2.75) is 58.4 Å². The summed E-state index contributed by atoms with van der Waals surface area (Å²) < 4.78 is 21.1. The number of rotatable bonds is 8. The number of aromatic nitrogens is 2. The van der Waals surface area contributed by atoms with E-state index in [1.54, 1.807) is 7.05 Å². The van der Waals surface area contributed by atoms with Crippen molar-refractivity contribution in [1.29, 1.82) is 0 Å². The third-order valence-electron chi connectivity index (χ3n) is 10.4. The lowest BCUT2D eigenvalue weighted by Gasteiger charge is -2.66. The minimum atomic E-state index is -0.637. The maximum absolute atomic E-state index is 15.1. The van der Waals surface area contributed by atoms with Gasteiger partial charge in [-0.05, 0) is 75.1 Å². The molecule has 4 atom stereocenters. The number of carbonyl (C=O) groups excluding carboxylic acids is 1. The number of fused-ring (bicyclic) bond motifs is 3. The molecule has 3 saturated carbocycles. The predicted molar refractivity (Wildman–Crippen MR) is 159 cm³/mol. The van der Waals surface area contributed by atoms with Crippen LogP contribution in [0.1, 0.15) is 52.9 Å². The molecule has 0 unspecified atom stereocenters. The number of nitrogens with zero attached hydrogens (tertiary/aromatic N) is 4. The molecule has 1 aromatic carbocycles. The summed E-state index contributed by atoms with van der Waals surface area (Å²) in [6, 6.07) is 6.02. The second-order valence-electron chi connectivity index (χ2n) is 13.1. The molecular formula is C31H44FN7O2. The van der Waals surface area contributed by atoms with Crippen molar-refractivity contribution in [1.82, 2.24) is 20.2 Å². The minimum absolute atomic E-state index is 0.0166. The van der Waals surface area contributed by atoms with Crippen LogP contribution in [0, 0.1) is 29.0 Å². The molecule has 5 aliphatic rings. The highest BCUT2D eigenvalue weighted by Gasteiger charge is 2.64. The quantitative estimate of drug-likeness (QED) is 0.426. The Bertz CT molecular complexity index is 1280. The Morgan fingerprint density at radius 3 is 2.68 bits per heavy atom. The highest BCUT2D eigenvalue weighted by molar-refractivity contribution is 5.81. The molecule has 4 fully saturated rings. The topological polar surface area (TPSA) is 94.6 Å². The number of likely N-dealkylation sites (tertiary alicyclic amines) is 1. The van der Waals surface area contributed by atoms with Crippen LogP contribution in [0.4, 0.5) is 27.5 Å². The Morgan fingerprint density at radius 2 is 1.93 bits per heavy atom. The monoisotopic (exact) mass is 565 g/mol. The van der Waals surface area contributed by atoms with E-state index in [1.165, 1.54) is 38.5 Å². The molecule has 10 heteroatoms. The maximum atomic E-state index is 15.1. The van der Waals surface area contributed by atoms with Gasteiger partial charge < -0.3 is 30.5 Å². The lowest BCUT2D eigenvalue weighted by molar-refractivity contribution is -0.155. The zero-order chi connectivity index (χ0) is 28.8. The van der Waals surface area contributed by atoms with Gasteiger partial charge >= 0.3 is 0 Å². The van der Waals surface area contributed by atoms with Gasteiger partial charge in [0.15, 0.2) is 11.6 Å². The standard InChI is InChI=1S/C31H44FN7O2/c1-30(2)20-16-22(28(40)33-4)31(3,26(30)17-20)37-27-23(32)19-34-29(36-27)35-21-8-9-24-25(18-21)41-15-14-39(24)13-12-38-10-6-5-7-11-38/h8-9,18-20,22,26H,5-7,10-17H2,1-4H3,(H,33,40)(H2,34,35,36,37)/t20-,22+,26+,31-/m0/s1. The van der Waals surface area contributed by atoms with E-state index in [0.29, 0.717) is 12.5 Å². The Morgan fingerprint density at radius 1 is 1.12 bits per heavy atom. The van der Waals surface area contributed by atoms with Crippen LogP contribution in [0.3, 0.4) is 0 Å². The number of benzene rings is 1. The van der Waals surface area contributed by atoms with Crippen molar-refractivity contribution in [3.05, 3.63) is 30.2 Å². The lowest BCUT2D eigenvalue weighted by Crippen LogP contribution is -2.69. The molecule has 1 saturated heterocycles. The normalized spacial score (nSPS) is 28.6.